The number of carbonyl (C=O) groups excluding carboxylic acids is 1. The van der Waals surface area contributed by atoms with Crippen molar-refractivity contribution in [1.29, 1.82) is 0 Å². The number of rotatable bonds is 1. The van der Waals surface area contributed by atoms with Gasteiger partial charge >= 0.3 is 0 Å². The number of piperazine rings is 1. The molecule has 1 amide bonds. The fourth-order valence-corrected chi connectivity index (χ4v) is 2.33. The van der Waals surface area contributed by atoms with Crippen molar-refractivity contribution in [3.63, 3.8) is 0 Å². The Balaban J connectivity index is 2.44. The highest BCUT2D eigenvalue weighted by Crippen LogP contribution is 2.30. The monoisotopic (exact) mass is 318 g/mol. The smallest absolute Gasteiger partial charge is 0.245 e. The molecule has 0 radical (unpaired) electrons. The fraction of sp³-hybridized carbons (Fsp3) is 0.500. The Bertz CT molecular complexity index is 466. The van der Waals surface area contributed by atoms with Crippen LogP contribution in [0.25, 0.3) is 0 Å². The van der Waals surface area contributed by atoms with Gasteiger partial charge in [0.05, 0.1) is 4.47 Å². The molecule has 17 heavy (non-hydrogen) atoms. The van der Waals surface area contributed by atoms with E-state index < -0.39 is 5.54 Å². The molecule has 2 rings (SSSR count). The van der Waals surface area contributed by atoms with Gasteiger partial charge in [0, 0.05) is 19.3 Å². The van der Waals surface area contributed by atoms with Crippen LogP contribution in [-0.4, -0.2) is 34.5 Å². The van der Waals surface area contributed by atoms with Crippen LogP contribution in [0.1, 0.15) is 13.8 Å². The minimum Gasteiger partial charge on any atom is -0.352 e. The Hall–Kier alpha value is -0.880. The van der Waals surface area contributed by atoms with Crippen LogP contribution in [0.2, 0.25) is 5.28 Å². The Morgan fingerprint density at radius 2 is 2.29 bits per heavy atom. The Kier molecular flexibility index (Phi) is 3.27. The summed E-state index contributed by atoms with van der Waals surface area (Å²) >= 11 is 9.18. The molecule has 0 atom stereocenters. The summed E-state index contributed by atoms with van der Waals surface area (Å²) in [6.07, 6.45) is 1.59. The highest BCUT2D eigenvalue weighted by atomic mass is 79.9. The summed E-state index contributed by atoms with van der Waals surface area (Å²) in [5.41, 5.74) is -0.654. The zero-order chi connectivity index (χ0) is 12.6. The maximum absolute atomic E-state index is 11.9. The van der Waals surface area contributed by atoms with Crippen LogP contribution in [0.3, 0.4) is 0 Å². The van der Waals surface area contributed by atoms with E-state index >= 15 is 0 Å². The molecule has 2 heterocycles. The number of nitrogens with zero attached hydrogens (tertiary/aromatic N) is 3. The topological polar surface area (TPSA) is 58.1 Å². The molecule has 1 aliphatic rings. The number of nitrogens with one attached hydrogen (secondary N) is 1. The van der Waals surface area contributed by atoms with Crippen molar-refractivity contribution in [2.24, 2.45) is 0 Å². The van der Waals surface area contributed by atoms with Gasteiger partial charge in [-0.25, -0.2) is 4.98 Å². The molecule has 0 unspecified atom stereocenters. The molecule has 1 aromatic heterocycles. The van der Waals surface area contributed by atoms with Crippen molar-refractivity contribution in [2.75, 3.05) is 18.0 Å². The van der Waals surface area contributed by atoms with E-state index in [9.17, 15) is 4.79 Å². The second kappa shape index (κ2) is 4.42. The molecular weight excluding hydrogens is 307 g/mol. The number of amides is 1. The number of anilines is 1. The molecule has 0 aliphatic carbocycles. The minimum atomic E-state index is -0.654. The van der Waals surface area contributed by atoms with Gasteiger partial charge in [-0.15, -0.1) is 0 Å². The normalized spacial score (nSPS) is 19.1. The van der Waals surface area contributed by atoms with Crippen molar-refractivity contribution in [1.82, 2.24) is 15.3 Å². The molecule has 1 fully saturated rings. The van der Waals surface area contributed by atoms with E-state index in [-0.39, 0.29) is 11.2 Å². The number of aromatic nitrogens is 2. The quantitative estimate of drug-likeness (QED) is 0.799. The predicted octanol–water partition coefficient (Wildman–Crippen LogP) is 1.61. The lowest BCUT2D eigenvalue weighted by Crippen LogP contribution is -2.62. The summed E-state index contributed by atoms with van der Waals surface area (Å²) in [4.78, 5) is 21.8. The summed E-state index contributed by atoms with van der Waals surface area (Å²) in [6, 6.07) is 0. The molecule has 1 saturated heterocycles. The zero-order valence-corrected chi connectivity index (χ0v) is 11.8. The lowest BCUT2D eigenvalue weighted by molar-refractivity contribution is -0.126. The van der Waals surface area contributed by atoms with Crippen LogP contribution >= 0.6 is 27.5 Å². The number of halogens is 2. The Morgan fingerprint density at radius 3 is 3.00 bits per heavy atom. The van der Waals surface area contributed by atoms with Gasteiger partial charge in [-0.2, -0.15) is 4.98 Å². The van der Waals surface area contributed by atoms with Crippen molar-refractivity contribution in [3.8, 4) is 0 Å². The average molecular weight is 320 g/mol. The molecule has 0 bridgehead atoms. The van der Waals surface area contributed by atoms with Gasteiger partial charge in [0.25, 0.3) is 0 Å². The van der Waals surface area contributed by atoms with E-state index in [1.807, 2.05) is 18.7 Å². The second-order valence-corrected chi connectivity index (χ2v) is 5.47. The molecule has 92 valence electrons. The first-order chi connectivity index (χ1) is 7.93. The van der Waals surface area contributed by atoms with E-state index in [1.165, 1.54) is 0 Å². The second-order valence-electron chi connectivity index (χ2n) is 4.28. The molecular formula is C10H12BrClN4O. The molecule has 0 spiro atoms. The van der Waals surface area contributed by atoms with Gasteiger partial charge in [0.1, 0.15) is 11.4 Å². The highest BCUT2D eigenvalue weighted by molar-refractivity contribution is 9.10. The summed E-state index contributed by atoms with van der Waals surface area (Å²) < 4.78 is 0.727. The van der Waals surface area contributed by atoms with E-state index in [0.717, 1.165) is 4.47 Å². The lowest BCUT2D eigenvalue weighted by Gasteiger charge is -2.42. The third kappa shape index (κ3) is 2.24. The third-order valence-corrected chi connectivity index (χ3v) is 3.54. The first-order valence-electron chi connectivity index (χ1n) is 5.17. The van der Waals surface area contributed by atoms with E-state index in [2.05, 4.69) is 31.2 Å². The highest BCUT2D eigenvalue weighted by Gasteiger charge is 2.39. The molecule has 1 N–H and O–H groups in total. The first-order valence-corrected chi connectivity index (χ1v) is 6.34. The zero-order valence-electron chi connectivity index (χ0n) is 9.50. The van der Waals surface area contributed by atoms with Gasteiger partial charge in [-0.05, 0) is 41.4 Å². The van der Waals surface area contributed by atoms with Gasteiger partial charge in [-0.3, -0.25) is 4.79 Å². The molecule has 1 aliphatic heterocycles. The van der Waals surface area contributed by atoms with Gasteiger partial charge in [0.15, 0.2) is 0 Å². The largest absolute Gasteiger partial charge is 0.352 e. The maximum atomic E-state index is 11.9. The van der Waals surface area contributed by atoms with Crippen molar-refractivity contribution >= 4 is 39.3 Å². The van der Waals surface area contributed by atoms with Crippen LogP contribution in [-0.2, 0) is 4.79 Å². The molecule has 5 nitrogen and oxygen atoms in total. The number of hydrogen-bond donors (Lipinski definition) is 1. The number of carbonyl (C=O) groups is 1. The molecule has 0 aromatic carbocycles. The molecule has 1 aromatic rings. The first kappa shape index (κ1) is 12.6. The summed E-state index contributed by atoms with van der Waals surface area (Å²) in [5.74, 6) is 0.621. The summed E-state index contributed by atoms with van der Waals surface area (Å²) in [5, 5.41) is 3.01. The number of hydrogen-bond acceptors (Lipinski definition) is 4. The minimum absolute atomic E-state index is 0.0228. The van der Waals surface area contributed by atoms with Crippen LogP contribution in [0.4, 0.5) is 5.82 Å². The third-order valence-electron chi connectivity index (χ3n) is 2.80. The van der Waals surface area contributed by atoms with Crippen LogP contribution in [0, 0.1) is 0 Å². The molecule has 0 saturated carbocycles. The predicted molar refractivity (Wildman–Crippen MR) is 69.2 cm³/mol. The van der Waals surface area contributed by atoms with E-state index in [4.69, 9.17) is 11.6 Å². The van der Waals surface area contributed by atoms with E-state index in [1.54, 1.807) is 6.20 Å². The SMILES string of the molecule is CC1(C)C(=O)NCCN1c1nc(Cl)ncc1Br. The van der Waals surface area contributed by atoms with Crippen molar-refractivity contribution in [3.05, 3.63) is 16.0 Å². The molecule has 7 heteroatoms. The fourth-order valence-electron chi connectivity index (χ4n) is 1.80. The van der Waals surface area contributed by atoms with E-state index in [0.29, 0.717) is 18.9 Å². The van der Waals surface area contributed by atoms with Crippen molar-refractivity contribution < 1.29 is 4.79 Å². The maximum Gasteiger partial charge on any atom is 0.245 e. The summed E-state index contributed by atoms with van der Waals surface area (Å²) in [6.45, 7) is 4.98. The average Bonchev–Trinajstić information content (AvgIpc) is 2.26. The van der Waals surface area contributed by atoms with Crippen LogP contribution in [0.15, 0.2) is 10.7 Å². The van der Waals surface area contributed by atoms with Gasteiger partial charge < -0.3 is 10.2 Å². The van der Waals surface area contributed by atoms with Gasteiger partial charge in [0.2, 0.25) is 11.2 Å². The van der Waals surface area contributed by atoms with Gasteiger partial charge in [-0.1, -0.05) is 0 Å². The van der Waals surface area contributed by atoms with Crippen molar-refractivity contribution in [2.45, 2.75) is 19.4 Å². The lowest BCUT2D eigenvalue weighted by atomic mass is 9.99. The Morgan fingerprint density at radius 1 is 1.59 bits per heavy atom. The summed E-state index contributed by atoms with van der Waals surface area (Å²) in [7, 11) is 0. The standard InChI is InChI=1S/C10H12BrClN4O/c1-10(2)8(17)13-3-4-16(10)7-6(11)5-14-9(12)15-7/h5H,3-4H2,1-2H3,(H,13,17). The van der Waals surface area contributed by atoms with Crippen LogP contribution in [0.5, 0.6) is 0 Å². The van der Waals surface area contributed by atoms with Crippen LogP contribution < -0.4 is 10.2 Å². The Labute approximate surface area is 113 Å².